The fourth-order valence-corrected chi connectivity index (χ4v) is 1.72. The normalized spacial score (nSPS) is 46.5. The van der Waals surface area contributed by atoms with Gasteiger partial charge in [0.25, 0.3) is 0 Å². The van der Waals surface area contributed by atoms with Crippen LogP contribution in [-0.2, 0) is 4.74 Å². The third-order valence-electron chi connectivity index (χ3n) is 2.97. The Labute approximate surface area is 73.1 Å². The fourth-order valence-electron chi connectivity index (χ4n) is 1.72. The van der Waals surface area contributed by atoms with Gasteiger partial charge in [-0.2, -0.15) is 0 Å². The average molecular weight is 171 g/mol. The topological polar surface area (TPSA) is 41.5 Å². The first kappa shape index (κ1) is 8.48. The molecule has 2 aliphatic rings. The Morgan fingerprint density at radius 1 is 1.50 bits per heavy atom. The van der Waals surface area contributed by atoms with E-state index in [1.165, 1.54) is 6.42 Å². The molecule has 4 atom stereocenters. The van der Waals surface area contributed by atoms with Crippen LogP contribution in [0.3, 0.4) is 0 Å². The summed E-state index contributed by atoms with van der Waals surface area (Å²) < 4.78 is 5.14. The van der Waals surface area contributed by atoms with Gasteiger partial charge in [0.15, 0.2) is 0 Å². The van der Waals surface area contributed by atoms with Crippen molar-refractivity contribution in [2.75, 3.05) is 19.8 Å². The first-order valence-electron chi connectivity index (χ1n) is 4.76. The molecule has 0 spiro atoms. The lowest BCUT2D eigenvalue weighted by molar-refractivity contribution is 0.122. The molecule has 3 heteroatoms. The van der Waals surface area contributed by atoms with Gasteiger partial charge in [0.2, 0.25) is 0 Å². The van der Waals surface area contributed by atoms with Crippen LogP contribution in [0, 0.1) is 11.8 Å². The van der Waals surface area contributed by atoms with Gasteiger partial charge in [-0.15, -0.1) is 0 Å². The molecule has 1 saturated carbocycles. The maximum atomic E-state index is 9.40. The van der Waals surface area contributed by atoms with E-state index in [0.29, 0.717) is 13.2 Å². The molecular formula is C9H17NO2. The van der Waals surface area contributed by atoms with Crippen molar-refractivity contribution < 1.29 is 9.84 Å². The summed E-state index contributed by atoms with van der Waals surface area (Å²) >= 11 is 0. The zero-order valence-electron chi connectivity index (χ0n) is 7.49. The van der Waals surface area contributed by atoms with Crippen LogP contribution in [-0.4, -0.2) is 37.0 Å². The molecule has 2 N–H and O–H groups in total. The summed E-state index contributed by atoms with van der Waals surface area (Å²) in [7, 11) is 0. The quantitative estimate of drug-likeness (QED) is 0.627. The number of hydrogen-bond donors (Lipinski definition) is 2. The van der Waals surface area contributed by atoms with E-state index in [2.05, 4.69) is 12.2 Å². The second-order valence-electron chi connectivity index (χ2n) is 4.09. The fraction of sp³-hybridized carbons (Fsp3) is 1.00. The summed E-state index contributed by atoms with van der Waals surface area (Å²) in [5.41, 5.74) is 0. The lowest BCUT2D eigenvalue weighted by Gasteiger charge is -2.13. The van der Waals surface area contributed by atoms with Crippen LogP contribution in [0.1, 0.15) is 13.3 Å². The van der Waals surface area contributed by atoms with Gasteiger partial charge in [-0.05, 0) is 24.8 Å². The highest BCUT2D eigenvalue weighted by atomic mass is 16.5. The lowest BCUT2D eigenvalue weighted by Crippen LogP contribution is -2.39. The van der Waals surface area contributed by atoms with Crippen LogP contribution in [0.15, 0.2) is 0 Å². The Balaban J connectivity index is 1.65. The Morgan fingerprint density at radius 3 is 2.75 bits per heavy atom. The number of aliphatic hydroxyl groups excluding tert-OH is 1. The van der Waals surface area contributed by atoms with E-state index < -0.39 is 0 Å². The molecule has 0 aromatic carbocycles. The molecule has 2 rings (SSSR count). The predicted molar refractivity (Wildman–Crippen MR) is 45.9 cm³/mol. The maximum absolute atomic E-state index is 9.40. The van der Waals surface area contributed by atoms with E-state index in [1.54, 1.807) is 0 Å². The van der Waals surface area contributed by atoms with Gasteiger partial charge >= 0.3 is 0 Å². The highest BCUT2D eigenvalue weighted by Crippen LogP contribution is 2.36. The minimum atomic E-state index is -0.293. The van der Waals surface area contributed by atoms with Crippen molar-refractivity contribution in [2.24, 2.45) is 11.8 Å². The Bertz CT molecular complexity index is 163. The van der Waals surface area contributed by atoms with Gasteiger partial charge in [0, 0.05) is 0 Å². The molecule has 0 radical (unpaired) electrons. The van der Waals surface area contributed by atoms with Crippen molar-refractivity contribution in [3.05, 3.63) is 0 Å². The summed E-state index contributed by atoms with van der Waals surface area (Å²) in [4.78, 5) is 0. The third kappa shape index (κ3) is 1.79. The highest BCUT2D eigenvalue weighted by molar-refractivity contribution is 4.88. The minimum absolute atomic E-state index is 0.179. The van der Waals surface area contributed by atoms with Gasteiger partial charge in [-0.25, -0.2) is 0 Å². The molecule has 70 valence electrons. The number of ether oxygens (including phenoxy) is 1. The Kier molecular flexibility index (Phi) is 2.35. The summed E-state index contributed by atoms with van der Waals surface area (Å²) in [6.45, 7) is 4.49. The monoisotopic (exact) mass is 171 g/mol. The zero-order valence-corrected chi connectivity index (χ0v) is 7.49. The minimum Gasteiger partial charge on any atom is -0.389 e. The smallest absolute Gasteiger partial charge is 0.0948 e. The molecule has 1 heterocycles. The van der Waals surface area contributed by atoms with Gasteiger partial charge in [0.05, 0.1) is 25.4 Å². The van der Waals surface area contributed by atoms with Crippen molar-refractivity contribution in [1.82, 2.24) is 5.32 Å². The Hall–Kier alpha value is -0.120. The van der Waals surface area contributed by atoms with Crippen molar-refractivity contribution >= 4 is 0 Å². The molecule has 0 bridgehead atoms. The van der Waals surface area contributed by atoms with Crippen molar-refractivity contribution in [2.45, 2.75) is 25.5 Å². The number of nitrogens with one attached hydrogen (secondary N) is 1. The number of hydrogen-bond acceptors (Lipinski definition) is 3. The van der Waals surface area contributed by atoms with E-state index in [4.69, 9.17) is 4.74 Å². The standard InChI is InChI=1S/C9H17NO2/c1-6-2-7(6)3-10-8-4-12-5-9(8)11/h6-11H,2-5H2,1H3. The largest absolute Gasteiger partial charge is 0.389 e. The average Bonchev–Trinajstić information content (AvgIpc) is 2.57. The van der Waals surface area contributed by atoms with E-state index in [9.17, 15) is 5.11 Å². The van der Waals surface area contributed by atoms with Gasteiger partial charge in [-0.1, -0.05) is 6.92 Å². The third-order valence-corrected chi connectivity index (χ3v) is 2.97. The molecule has 4 unspecified atom stereocenters. The van der Waals surface area contributed by atoms with E-state index >= 15 is 0 Å². The molecule has 12 heavy (non-hydrogen) atoms. The SMILES string of the molecule is CC1CC1CNC1COCC1O. The maximum Gasteiger partial charge on any atom is 0.0948 e. The first-order chi connectivity index (χ1) is 5.77. The van der Waals surface area contributed by atoms with Crippen molar-refractivity contribution in [3.8, 4) is 0 Å². The molecule has 1 aliphatic carbocycles. The van der Waals surface area contributed by atoms with E-state index in [-0.39, 0.29) is 12.1 Å². The van der Waals surface area contributed by atoms with Crippen molar-refractivity contribution in [1.29, 1.82) is 0 Å². The Morgan fingerprint density at radius 2 is 2.25 bits per heavy atom. The molecule has 3 nitrogen and oxygen atoms in total. The summed E-state index contributed by atoms with van der Waals surface area (Å²) in [5.74, 6) is 1.73. The second kappa shape index (κ2) is 3.32. The molecule has 1 aliphatic heterocycles. The van der Waals surface area contributed by atoms with Crippen LogP contribution in [0.25, 0.3) is 0 Å². The van der Waals surface area contributed by atoms with Crippen molar-refractivity contribution in [3.63, 3.8) is 0 Å². The predicted octanol–water partition coefficient (Wildman–Crippen LogP) is -0.00830. The van der Waals surface area contributed by atoms with Crippen LogP contribution < -0.4 is 5.32 Å². The van der Waals surface area contributed by atoms with Crippen LogP contribution in [0.5, 0.6) is 0 Å². The molecular weight excluding hydrogens is 154 g/mol. The van der Waals surface area contributed by atoms with E-state index in [0.717, 1.165) is 18.4 Å². The summed E-state index contributed by atoms with van der Waals surface area (Å²) in [6, 6.07) is 0.179. The van der Waals surface area contributed by atoms with E-state index in [1.807, 2.05) is 0 Å². The molecule has 1 saturated heterocycles. The molecule has 2 fully saturated rings. The summed E-state index contributed by atoms with van der Waals surface area (Å²) in [6.07, 6.45) is 1.05. The van der Waals surface area contributed by atoms with Crippen LogP contribution in [0.2, 0.25) is 0 Å². The molecule has 0 amide bonds. The first-order valence-corrected chi connectivity index (χ1v) is 4.76. The molecule has 0 aromatic rings. The zero-order chi connectivity index (χ0) is 8.55. The van der Waals surface area contributed by atoms with Gasteiger partial charge in [-0.3, -0.25) is 0 Å². The van der Waals surface area contributed by atoms with Gasteiger partial charge < -0.3 is 15.2 Å². The highest BCUT2D eigenvalue weighted by Gasteiger charge is 2.34. The van der Waals surface area contributed by atoms with Gasteiger partial charge in [0.1, 0.15) is 0 Å². The van der Waals surface area contributed by atoms with Crippen LogP contribution >= 0.6 is 0 Å². The lowest BCUT2D eigenvalue weighted by atomic mass is 10.2. The second-order valence-corrected chi connectivity index (χ2v) is 4.09. The molecule has 0 aromatic heterocycles. The number of rotatable bonds is 3. The van der Waals surface area contributed by atoms with Crippen LogP contribution in [0.4, 0.5) is 0 Å². The number of aliphatic hydroxyl groups is 1. The summed E-state index contributed by atoms with van der Waals surface area (Å²) in [5, 5.41) is 12.7.